The molecule has 0 bridgehead atoms. The summed E-state index contributed by atoms with van der Waals surface area (Å²) in [6.07, 6.45) is 0. The van der Waals surface area contributed by atoms with E-state index in [1.807, 2.05) is 44.2 Å². The van der Waals surface area contributed by atoms with Crippen LogP contribution in [0.25, 0.3) is 0 Å². The number of phenolic OH excluding ortho intramolecular Hbond substituents is 1. The molecule has 0 aliphatic rings. The molecular formula is C31H37N3O6. The van der Waals surface area contributed by atoms with Crippen LogP contribution in [-0.4, -0.2) is 40.4 Å². The summed E-state index contributed by atoms with van der Waals surface area (Å²) < 4.78 is 11.0. The number of ether oxygens (including phenoxy) is 2. The highest BCUT2D eigenvalue weighted by Gasteiger charge is 2.18. The Kier molecular flexibility index (Phi) is 10.3. The van der Waals surface area contributed by atoms with E-state index < -0.39 is 11.9 Å². The molecule has 0 atom stereocenters. The molecule has 3 aromatic carbocycles. The summed E-state index contributed by atoms with van der Waals surface area (Å²) in [6, 6.07) is 16.5. The van der Waals surface area contributed by atoms with Crippen LogP contribution >= 0.6 is 0 Å². The van der Waals surface area contributed by atoms with Gasteiger partial charge in [-0.1, -0.05) is 12.1 Å². The van der Waals surface area contributed by atoms with Gasteiger partial charge < -0.3 is 25.2 Å². The Balaban J connectivity index is 1.75. The third kappa shape index (κ3) is 8.31. The van der Waals surface area contributed by atoms with Crippen LogP contribution in [0.5, 0.6) is 17.2 Å². The molecule has 3 rings (SSSR count). The molecule has 0 saturated heterocycles. The van der Waals surface area contributed by atoms with Crippen LogP contribution in [0, 0.1) is 13.8 Å². The first-order valence-electron chi connectivity index (χ1n) is 13.2. The van der Waals surface area contributed by atoms with Crippen molar-refractivity contribution in [3.05, 3.63) is 76.9 Å². The van der Waals surface area contributed by atoms with Gasteiger partial charge in [0.25, 0.3) is 0 Å². The second kappa shape index (κ2) is 13.6. The minimum absolute atomic E-state index is 0.115. The lowest BCUT2D eigenvalue weighted by molar-refractivity contribution is -0.152. The number of esters is 1. The molecule has 3 aromatic rings. The molecule has 9 nitrogen and oxygen atoms in total. The summed E-state index contributed by atoms with van der Waals surface area (Å²) in [6.45, 7) is 12.3. The number of phenols is 1. The largest absolute Gasteiger partial charge is 0.508 e. The van der Waals surface area contributed by atoms with E-state index in [9.17, 15) is 19.5 Å². The monoisotopic (exact) mass is 547 g/mol. The first kappa shape index (κ1) is 30.2. The van der Waals surface area contributed by atoms with Gasteiger partial charge in [0.15, 0.2) is 0 Å². The highest BCUT2D eigenvalue weighted by molar-refractivity contribution is 6.37. The van der Waals surface area contributed by atoms with E-state index in [0.29, 0.717) is 30.3 Å². The van der Waals surface area contributed by atoms with E-state index in [-0.39, 0.29) is 24.3 Å². The van der Waals surface area contributed by atoms with Gasteiger partial charge in [0, 0.05) is 43.0 Å². The van der Waals surface area contributed by atoms with E-state index in [1.54, 1.807) is 31.2 Å². The number of hydrogen-bond donors (Lipinski definition) is 3. The van der Waals surface area contributed by atoms with Gasteiger partial charge in [-0.25, -0.2) is 4.79 Å². The van der Waals surface area contributed by atoms with Crippen molar-refractivity contribution in [3.63, 3.8) is 0 Å². The first-order chi connectivity index (χ1) is 19.0. The first-order valence-corrected chi connectivity index (χ1v) is 13.2. The molecule has 2 amide bonds. The van der Waals surface area contributed by atoms with E-state index in [0.717, 1.165) is 27.9 Å². The Bertz CT molecular complexity index is 1340. The molecule has 40 heavy (non-hydrogen) atoms. The third-order valence-electron chi connectivity index (χ3n) is 6.21. The Morgan fingerprint density at radius 2 is 1.55 bits per heavy atom. The zero-order valence-electron chi connectivity index (χ0n) is 23.8. The number of amides is 2. The maximum atomic E-state index is 12.0. The fraction of sp³-hybridized carbons (Fsp3) is 0.323. The molecule has 0 heterocycles. The number of hydrogen-bond acceptors (Lipinski definition) is 7. The lowest BCUT2D eigenvalue weighted by atomic mass is 10.1. The number of aromatic hydroxyl groups is 1. The second-order valence-corrected chi connectivity index (χ2v) is 9.88. The van der Waals surface area contributed by atoms with Crippen molar-refractivity contribution in [3.8, 4) is 17.2 Å². The fourth-order valence-corrected chi connectivity index (χ4v) is 4.20. The number of benzene rings is 3. The topological polar surface area (TPSA) is 117 Å². The number of anilines is 2. The van der Waals surface area contributed by atoms with Gasteiger partial charge in [-0.3, -0.25) is 14.5 Å². The predicted molar refractivity (Wildman–Crippen MR) is 154 cm³/mol. The molecule has 0 aliphatic heterocycles. The highest BCUT2D eigenvalue weighted by Crippen LogP contribution is 2.34. The van der Waals surface area contributed by atoms with Crippen LogP contribution in [0.2, 0.25) is 0 Å². The van der Waals surface area contributed by atoms with E-state index in [4.69, 9.17) is 9.47 Å². The zero-order valence-corrected chi connectivity index (χ0v) is 23.8. The van der Waals surface area contributed by atoms with Crippen molar-refractivity contribution in [2.75, 3.05) is 17.2 Å². The summed E-state index contributed by atoms with van der Waals surface area (Å²) in [5.41, 5.74) is 4.53. The number of carbonyl (C=O) groups is 3. The van der Waals surface area contributed by atoms with Crippen molar-refractivity contribution in [2.24, 2.45) is 0 Å². The van der Waals surface area contributed by atoms with Gasteiger partial charge in [-0.15, -0.1) is 0 Å². The molecule has 0 unspecified atom stereocenters. The van der Waals surface area contributed by atoms with E-state index in [2.05, 4.69) is 29.4 Å². The molecule has 0 radical (unpaired) electrons. The average Bonchev–Trinajstić information content (AvgIpc) is 2.88. The van der Waals surface area contributed by atoms with Gasteiger partial charge in [0.05, 0.1) is 6.61 Å². The molecule has 0 fully saturated rings. The lowest BCUT2D eigenvalue weighted by Gasteiger charge is -2.27. The quantitative estimate of drug-likeness (QED) is 0.221. The van der Waals surface area contributed by atoms with Gasteiger partial charge in [-0.05, 0) is 93.8 Å². The van der Waals surface area contributed by atoms with Crippen LogP contribution in [0.1, 0.15) is 49.9 Å². The number of nitrogens with zero attached hydrogens (tertiary/aromatic N) is 1. The number of aryl methyl sites for hydroxylation is 2. The third-order valence-corrected chi connectivity index (χ3v) is 6.21. The van der Waals surface area contributed by atoms with E-state index >= 15 is 0 Å². The molecule has 0 spiro atoms. The van der Waals surface area contributed by atoms with Gasteiger partial charge >= 0.3 is 11.9 Å². The lowest BCUT2D eigenvalue weighted by Crippen LogP contribution is -2.29. The van der Waals surface area contributed by atoms with Crippen molar-refractivity contribution in [1.82, 2.24) is 4.90 Å². The van der Waals surface area contributed by atoms with Crippen molar-refractivity contribution >= 4 is 29.2 Å². The summed E-state index contributed by atoms with van der Waals surface area (Å²) in [5, 5.41) is 16.0. The molecule has 3 N–H and O–H groups in total. The van der Waals surface area contributed by atoms with Crippen LogP contribution in [0.15, 0.2) is 54.6 Å². The average molecular weight is 548 g/mol. The summed E-state index contributed by atoms with van der Waals surface area (Å²) in [7, 11) is 0. The minimum atomic E-state index is -0.938. The number of carbonyl (C=O) groups excluding carboxylic acids is 3. The smallest absolute Gasteiger partial charge is 0.397 e. The molecule has 0 aromatic heterocycles. The van der Waals surface area contributed by atoms with Crippen molar-refractivity contribution in [2.45, 2.75) is 60.7 Å². The Morgan fingerprint density at radius 1 is 0.900 bits per heavy atom. The molecular weight excluding hydrogens is 510 g/mol. The maximum Gasteiger partial charge on any atom is 0.397 e. The Labute approximate surface area is 235 Å². The summed E-state index contributed by atoms with van der Waals surface area (Å²) in [4.78, 5) is 37.2. The van der Waals surface area contributed by atoms with Crippen LogP contribution in [-0.2, 0) is 32.2 Å². The maximum absolute atomic E-state index is 12.0. The molecule has 212 valence electrons. The number of rotatable bonds is 10. The summed E-state index contributed by atoms with van der Waals surface area (Å²) in [5.74, 6) is -0.541. The Hall–Kier alpha value is -4.37. The zero-order chi connectivity index (χ0) is 29.4. The SMILES string of the molecule is CCOC(=O)C(=O)Nc1cc(C)c(Oc2ccc(O)c(CN(Cc3ccc(NC(C)=O)cc3)C(C)C)c2)c(C)c1. The van der Waals surface area contributed by atoms with Gasteiger partial charge in [0.2, 0.25) is 5.91 Å². The molecule has 9 heteroatoms. The summed E-state index contributed by atoms with van der Waals surface area (Å²) >= 11 is 0. The molecule has 0 aliphatic carbocycles. The highest BCUT2D eigenvalue weighted by atomic mass is 16.5. The standard InChI is InChI=1S/C31H37N3O6/c1-7-39-31(38)30(37)33-26-14-20(4)29(21(5)15-26)40-27-12-13-28(36)24(16-27)18-34(19(2)3)17-23-8-10-25(11-9-23)32-22(6)35/h8-16,19,36H,7,17-18H2,1-6H3,(H,32,35)(H,33,37). The van der Waals surface area contributed by atoms with Crippen LogP contribution < -0.4 is 15.4 Å². The predicted octanol–water partition coefficient (Wildman–Crippen LogP) is 5.67. The minimum Gasteiger partial charge on any atom is -0.508 e. The Morgan fingerprint density at radius 3 is 2.12 bits per heavy atom. The second-order valence-electron chi connectivity index (χ2n) is 9.88. The van der Waals surface area contributed by atoms with Crippen LogP contribution in [0.3, 0.4) is 0 Å². The van der Waals surface area contributed by atoms with E-state index in [1.165, 1.54) is 6.92 Å². The normalized spacial score (nSPS) is 10.9. The van der Waals surface area contributed by atoms with Crippen molar-refractivity contribution < 1.29 is 29.0 Å². The van der Waals surface area contributed by atoms with Gasteiger partial charge in [-0.2, -0.15) is 0 Å². The fourth-order valence-electron chi connectivity index (χ4n) is 4.20. The van der Waals surface area contributed by atoms with Crippen LogP contribution in [0.4, 0.5) is 11.4 Å². The van der Waals surface area contributed by atoms with Crippen molar-refractivity contribution in [1.29, 1.82) is 0 Å². The number of nitrogens with one attached hydrogen (secondary N) is 2. The van der Waals surface area contributed by atoms with Gasteiger partial charge in [0.1, 0.15) is 17.2 Å². The molecule has 0 saturated carbocycles.